The number of rotatable bonds is 2. The molecule has 5 nitrogen and oxygen atoms in total. The zero-order chi connectivity index (χ0) is 17.2. The summed E-state index contributed by atoms with van der Waals surface area (Å²) in [5.74, 6) is -0.749. The predicted octanol–water partition coefficient (Wildman–Crippen LogP) is 4.01. The molecule has 0 saturated carbocycles. The van der Waals surface area contributed by atoms with Gasteiger partial charge in [-0.1, -0.05) is 34.8 Å². The van der Waals surface area contributed by atoms with Crippen LogP contribution in [0.2, 0.25) is 15.2 Å². The molecular weight excluding hydrogens is 377 g/mol. The number of fused-ring (bicyclic) bond motifs is 2. The van der Waals surface area contributed by atoms with Gasteiger partial charge in [-0.3, -0.25) is 0 Å². The Hall–Kier alpha value is -0.530. The van der Waals surface area contributed by atoms with Crippen molar-refractivity contribution in [3.8, 4) is 0 Å². The fraction of sp³-hybridized carbons (Fsp3) is 0.500. The van der Waals surface area contributed by atoms with E-state index >= 15 is 0 Å². The molecule has 2 aliphatic rings. The highest BCUT2D eigenvalue weighted by atomic mass is 35.5. The largest absolute Gasteiger partial charge is 0.394 e. The smallest absolute Gasteiger partial charge is 0.164 e. The molecule has 4 rings (SSSR count). The Kier molecular flexibility index (Phi) is 4.05. The Morgan fingerprint density at radius 2 is 1.75 bits per heavy atom. The van der Waals surface area contributed by atoms with Crippen LogP contribution >= 0.6 is 34.8 Å². The summed E-state index contributed by atoms with van der Waals surface area (Å²) in [4.78, 5) is 0. The van der Waals surface area contributed by atoms with Gasteiger partial charge in [0, 0.05) is 5.39 Å². The van der Waals surface area contributed by atoms with Crippen LogP contribution < -0.4 is 0 Å². The van der Waals surface area contributed by atoms with E-state index in [9.17, 15) is 5.11 Å². The topological polar surface area (TPSA) is 52.9 Å². The van der Waals surface area contributed by atoms with E-state index in [1.165, 1.54) is 0 Å². The molecule has 1 aromatic heterocycles. The summed E-state index contributed by atoms with van der Waals surface area (Å²) in [6.45, 7) is 3.51. The fourth-order valence-electron chi connectivity index (χ4n) is 3.46. The molecule has 3 heterocycles. The minimum Gasteiger partial charge on any atom is -0.394 e. The van der Waals surface area contributed by atoms with Crippen LogP contribution in [0.1, 0.15) is 20.1 Å². The molecule has 2 fully saturated rings. The summed E-state index contributed by atoms with van der Waals surface area (Å²) >= 11 is 18.7. The third kappa shape index (κ3) is 2.54. The molecule has 1 N–H and O–H groups in total. The van der Waals surface area contributed by atoms with Gasteiger partial charge in [-0.15, -0.1) is 0 Å². The second-order valence-corrected chi connectivity index (χ2v) is 7.68. The molecule has 2 saturated heterocycles. The highest BCUT2D eigenvalue weighted by Crippen LogP contribution is 2.45. The van der Waals surface area contributed by atoms with Crippen LogP contribution in [0.25, 0.3) is 10.9 Å². The van der Waals surface area contributed by atoms with E-state index in [1.54, 1.807) is 22.8 Å². The van der Waals surface area contributed by atoms with E-state index in [1.807, 2.05) is 13.8 Å². The zero-order valence-corrected chi connectivity index (χ0v) is 15.3. The van der Waals surface area contributed by atoms with Crippen molar-refractivity contribution in [3.63, 3.8) is 0 Å². The van der Waals surface area contributed by atoms with E-state index in [4.69, 9.17) is 49.0 Å². The van der Waals surface area contributed by atoms with Gasteiger partial charge in [0.1, 0.15) is 23.5 Å². The number of aliphatic hydroxyl groups excluding tert-OH is 1. The lowest BCUT2D eigenvalue weighted by atomic mass is 10.1. The lowest BCUT2D eigenvalue weighted by molar-refractivity contribution is -0.199. The number of ether oxygens (including phenoxy) is 3. The Morgan fingerprint density at radius 3 is 2.46 bits per heavy atom. The summed E-state index contributed by atoms with van der Waals surface area (Å²) < 4.78 is 19.7. The number of halogens is 3. The second kappa shape index (κ2) is 5.74. The van der Waals surface area contributed by atoms with Gasteiger partial charge in [0.2, 0.25) is 0 Å². The second-order valence-electron chi connectivity index (χ2n) is 6.47. The number of hydrogen-bond donors (Lipinski definition) is 1. The summed E-state index contributed by atoms with van der Waals surface area (Å²) in [5, 5.41) is 11.8. The van der Waals surface area contributed by atoms with Crippen LogP contribution in [0.5, 0.6) is 0 Å². The average molecular weight is 393 g/mol. The molecule has 0 amide bonds. The Bertz CT molecular complexity index is 806. The molecule has 130 valence electrons. The van der Waals surface area contributed by atoms with E-state index in [2.05, 4.69) is 0 Å². The van der Waals surface area contributed by atoms with E-state index < -0.39 is 18.1 Å². The van der Waals surface area contributed by atoms with Crippen molar-refractivity contribution in [2.24, 2.45) is 0 Å². The van der Waals surface area contributed by atoms with Gasteiger partial charge in [0.15, 0.2) is 12.0 Å². The first-order valence-electron chi connectivity index (χ1n) is 7.58. The molecular formula is C16H16Cl3NO4. The summed E-state index contributed by atoms with van der Waals surface area (Å²) in [7, 11) is 0. The van der Waals surface area contributed by atoms with Gasteiger partial charge in [0.05, 0.1) is 22.2 Å². The van der Waals surface area contributed by atoms with E-state index in [-0.39, 0.29) is 18.8 Å². The van der Waals surface area contributed by atoms with Crippen LogP contribution in [0.3, 0.4) is 0 Å². The normalized spacial score (nSPS) is 31.8. The maximum absolute atomic E-state index is 9.62. The van der Waals surface area contributed by atoms with Crippen LogP contribution in [-0.4, -0.2) is 40.4 Å². The van der Waals surface area contributed by atoms with Gasteiger partial charge in [0.25, 0.3) is 0 Å². The van der Waals surface area contributed by atoms with Crippen LogP contribution in [-0.2, 0) is 14.2 Å². The molecule has 0 bridgehead atoms. The monoisotopic (exact) mass is 391 g/mol. The standard InChI is InChI=1S/C16H16Cl3NO4/c1-16(2)23-13-11(6-21)22-15(14(13)24-16)20-10-5-9(18)8(17)3-7(10)4-12(20)19/h3-5,11,13-15,21H,6H2,1-2H3/t11-,13?,14?,15-/m1/s1. The Balaban J connectivity index is 1.82. The number of hydrogen-bond acceptors (Lipinski definition) is 4. The molecule has 2 unspecified atom stereocenters. The minimum atomic E-state index is -0.749. The van der Waals surface area contributed by atoms with Crippen molar-refractivity contribution in [1.29, 1.82) is 0 Å². The van der Waals surface area contributed by atoms with Gasteiger partial charge in [-0.25, -0.2) is 0 Å². The summed E-state index contributed by atoms with van der Waals surface area (Å²) in [6, 6.07) is 5.30. The molecule has 0 spiro atoms. The molecule has 4 atom stereocenters. The van der Waals surface area contributed by atoms with Crippen LogP contribution in [0.4, 0.5) is 0 Å². The molecule has 2 aliphatic heterocycles. The number of nitrogens with zero attached hydrogens (tertiary/aromatic N) is 1. The first kappa shape index (κ1) is 16.9. The summed E-state index contributed by atoms with van der Waals surface area (Å²) in [5.41, 5.74) is 0.782. The fourth-order valence-corrected chi connectivity index (χ4v) is 4.10. The predicted molar refractivity (Wildman–Crippen MR) is 91.8 cm³/mol. The molecule has 24 heavy (non-hydrogen) atoms. The lowest BCUT2D eigenvalue weighted by Gasteiger charge is -2.25. The highest BCUT2D eigenvalue weighted by Gasteiger charge is 2.56. The zero-order valence-electron chi connectivity index (χ0n) is 13.0. The summed E-state index contributed by atoms with van der Waals surface area (Å²) in [6.07, 6.45) is -1.78. The maximum Gasteiger partial charge on any atom is 0.164 e. The van der Waals surface area contributed by atoms with Gasteiger partial charge in [-0.2, -0.15) is 0 Å². The highest BCUT2D eigenvalue weighted by molar-refractivity contribution is 6.43. The van der Waals surface area contributed by atoms with Gasteiger partial charge >= 0.3 is 0 Å². The third-order valence-electron chi connectivity index (χ3n) is 4.39. The number of aliphatic hydroxyl groups is 1. The molecule has 1 aromatic carbocycles. The van der Waals surface area contributed by atoms with Crippen molar-refractivity contribution in [2.75, 3.05) is 6.61 Å². The first-order chi connectivity index (χ1) is 11.3. The molecule has 0 radical (unpaired) electrons. The van der Waals surface area contributed by atoms with Crippen LogP contribution in [0, 0.1) is 0 Å². The van der Waals surface area contributed by atoms with Crippen molar-refractivity contribution < 1.29 is 19.3 Å². The van der Waals surface area contributed by atoms with Crippen molar-refractivity contribution in [3.05, 3.63) is 33.4 Å². The van der Waals surface area contributed by atoms with Crippen molar-refractivity contribution >= 4 is 45.7 Å². The molecule has 0 aliphatic carbocycles. The van der Waals surface area contributed by atoms with Crippen molar-refractivity contribution in [1.82, 2.24) is 4.57 Å². The Labute approximate surface area is 153 Å². The van der Waals surface area contributed by atoms with Crippen molar-refractivity contribution in [2.45, 2.75) is 44.2 Å². The third-order valence-corrected chi connectivity index (χ3v) is 5.41. The number of aromatic nitrogens is 1. The van der Waals surface area contributed by atoms with Gasteiger partial charge < -0.3 is 23.9 Å². The van der Waals surface area contributed by atoms with E-state index in [0.29, 0.717) is 15.2 Å². The number of benzene rings is 1. The Morgan fingerprint density at radius 1 is 1.08 bits per heavy atom. The lowest BCUT2D eigenvalue weighted by Crippen LogP contribution is -2.31. The average Bonchev–Trinajstić information content (AvgIpc) is 3.08. The van der Waals surface area contributed by atoms with Crippen LogP contribution in [0.15, 0.2) is 18.2 Å². The quantitative estimate of drug-likeness (QED) is 0.839. The maximum atomic E-state index is 9.62. The van der Waals surface area contributed by atoms with Gasteiger partial charge in [-0.05, 0) is 32.0 Å². The van der Waals surface area contributed by atoms with E-state index in [0.717, 1.165) is 10.9 Å². The minimum absolute atomic E-state index is 0.166. The molecule has 2 aromatic rings. The SMILES string of the molecule is CC1(C)OC2C(O1)[C@@H](CO)O[C@H]2n1c(Cl)cc2cc(Cl)c(Cl)cc21. The first-order valence-corrected chi connectivity index (χ1v) is 8.71. The molecule has 8 heteroatoms.